The minimum atomic E-state index is 0.214. The fraction of sp³-hybridized carbons (Fsp3) is 0.929. The summed E-state index contributed by atoms with van der Waals surface area (Å²) in [6, 6.07) is 0.969. The molecule has 0 radical (unpaired) electrons. The Morgan fingerprint density at radius 1 is 1.22 bits per heavy atom. The molecule has 4 heteroatoms. The normalized spacial score (nSPS) is 28.1. The van der Waals surface area contributed by atoms with Crippen molar-refractivity contribution in [2.24, 2.45) is 0 Å². The van der Waals surface area contributed by atoms with Gasteiger partial charge in [-0.25, -0.2) is 0 Å². The highest BCUT2D eigenvalue weighted by Gasteiger charge is 2.24. The van der Waals surface area contributed by atoms with Gasteiger partial charge >= 0.3 is 0 Å². The molecule has 2 aliphatic rings. The van der Waals surface area contributed by atoms with Crippen LogP contribution < -0.4 is 10.6 Å². The maximum absolute atomic E-state index is 11.5. The lowest BCUT2D eigenvalue weighted by Crippen LogP contribution is -2.43. The Balaban J connectivity index is 1.54. The molecule has 0 aliphatic heterocycles. The van der Waals surface area contributed by atoms with Crippen molar-refractivity contribution in [2.75, 3.05) is 13.7 Å². The van der Waals surface area contributed by atoms with Crippen molar-refractivity contribution in [3.63, 3.8) is 0 Å². The third kappa shape index (κ3) is 4.58. The van der Waals surface area contributed by atoms with Crippen molar-refractivity contribution in [2.45, 2.75) is 69.6 Å². The van der Waals surface area contributed by atoms with Crippen molar-refractivity contribution in [3.8, 4) is 0 Å². The topological polar surface area (TPSA) is 50.4 Å². The summed E-state index contributed by atoms with van der Waals surface area (Å²) in [6.07, 6.45) is 9.20. The van der Waals surface area contributed by atoms with E-state index in [0.717, 1.165) is 19.4 Å². The van der Waals surface area contributed by atoms with Gasteiger partial charge in [-0.3, -0.25) is 4.79 Å². The molecule has 2 unspecified atom stereocenters. The third-order valence-electron chi connectivity index (χ3n) is 3.93. The van der Waals surface area contributed by atoms with Gasteiger partial charge in [-0.1, -0.05) is 12.8 Å². The quantitative estimate of drug-likeness (QED) is 0.678. The van der Waals surface area contributed by atoms with Crippen LogP contribution in [0.15, 0.2) is 0 Å². The molecule has 2 fully saturated rings. The zero-order valence-electron chi connectivity index (χ0n) is 11.4. The standard InChI is InChI=1S/C14H26N2O2/c1-18-13-6-3-2-5-12(13)15-10-4-7-14(17)16-11-8-9-11/h11-13,15H,2-10H2,1H3,(H,16,17). The molecular weight excluding hydrogens is 228 g/mol. The number of amides is 1. The molecule has 0 bridgehead atoms. The molecule has 0 saturated heterocycles. The van der Waals surface area contributed by atoms with Crippen molar-refractivity contribution < 1.29 is 9.53 Å². The highest BCUT2D eigenvalue weighted by Crippen LogP contribution is 2.21. The minimum Gasteiger partial charge on any atom is -0.380 e. The second kappa shape index (κ2) is 7.10. The van der Waals surface area contributed by atoms with Gasteiger partial charge in [0.25, 0.3) is 0 Å². The maximum Gasteiger partial charge on any atom is 0.220 e. The number of rotatable bonds is 7. The summed E-state index contributed by atoms with van der Waals surface area (Å²) >= 11 is 0. The van der Waals surface area contributed by atoms with Crippen molar-refractivity contribution in [3.05, 3.63) is 0 Å². The molecule has 1 amide bonds. The molecule has 2 N–H and O–H groups in total. The first-order chi connectivity index (χ1) is 8.79. The predicted molar refractivity (Wildman–Crippen MR) is 71.5 cm³/mol. The average Bonchev–Trinajstić information content (AvgIpc) is 3.19. The number of carbonyl (C=O) groups excluding carboxylic acids is 1. The first kappa shape index (κ1) is 13.8. The molecule has 2 atom stereocenters. The average molecular weight is 254 g/mol. The van der Waals surface area contributed by atoms with Crippen molar-refractivity contribution in [1.82, 2.24) is 10.6 Å². The zero-order valence-corrected chi connectivity index (χ0v) is 11.4. The van der Waals surface area contributed by atoms with Gasteiger partial charge in [0.15, 0.2) is 0 Å². The van der Waals surface area contributed by atoms with Crippen molar-refractivity contribution >= 4 is 5.91 Å². The van der Waals surface area contributed by atoms with Gasteiger partial charge in [-0.2, -0.15) is 0 Å². The smallest absolute Gasteiger partial charge is 0.220 e. The summed E-state index contributed by atoms with van der Waals surface area (Å²) in [5, 5.41) is 6.56. The van der Waals surface area contributed by atoms with Gasteiger partial charge in [-0.05, 0) is 38.6 Å². The van der Waals surface area contributed by atoms with Crippen LogP contribution in [0.3, 0.4) is 0 Å². The number of methoxy groups -OCH3 is 1. The largest absolute Gasteiger partial charge is 0.380 e. The zero-order chi connectivity index (χ0) is 12.8. The van der Waals surface area contributed by atoms with E-state index in [4.69, 9.17) is 4.74 Å². The Kier molecular flexibility index (Phi) is 5.45. The van der Waals surface area contributed by atoms with Crippen LogP contribution in [-0.2, 0) is 9.53 Å². The van der Waals surface area contributed by atoms with E-state index in [0.29, 0.717) is 24.6 Å². The summed E-state index contributed by atoms with van der Waals surface area (Å²) in [5.41, 5.74) is 0. The third-order valence-corrected chi connectivity index (χ3v) is 3.93. The van der Waals surface area contributed by atoms with Gasteiger partial charge in [0.05, 0.1) is 6.10 Å². The van der Waals surface area contributed by atoms with E-state index in [-0.39, 0.29) is 5.91 Å². The Morgan fingerprint density at radius 2 is 2.00 bits per heavy atom. The Hall–Kier alpha value is -0.610. The van der Waals surface area contributed by atoms with Gasteiger partial charge in [0.1, 0.15) is 0 Å². The molecule has 104 valence electrons. The Labute approximate surface area is 110 Å². The molecule has 0 spiro atoms. The van der Waals surface area contributed by atoms with Crippen LogP contribution in [0.4, 0.5) is 0 Å². The number of hydrogen-bond acceptors (Lipinski definition) is 3. The van der Waals surface area contributed by atoms with Crippen LogP contribution in [0.5, 0.6) is 0 Å². The molecule has 4 nitrogen and oxygen atoms in total. The van der Waals surface area contributed by atoms with Gasteiger partial charge in [0, 0.05) is 25.6 Å². The minimum absolute atomic E-state index is 0.214. The van der Waals surface area contributed by atoms with Gasteiger partial charge in [-0.15, -0.1) is 0 Å². The molecule has 2 aliphatic carbocycles. The van der Waals surface area contributed by atoms with Crippen LogP contribution in [0.25, 0.3) is 0 Å². The number of ether oxygens (including phenoxy) is 1. The van der Waals surface area contributed by atoms with E-state index in [9.17, 15) is 4.79 Å². The lowest BCUT2D eigenvalue weighted by Gasteiger charge is -2.31. The lowest BCUT2D eigenvalue weighted by molar-refractivity contribution is -0.121. The summed E-state index contributed by atoms with van der Waals surface area (Å²) in [5.74, 6) is 0.214. The van der Waals surface area contributed by atoms with Crippen LogP contribution in [0.1, 0.15) is 51.4 Å². The molecule has 0 aromatic rings. The molecular formula is C14H26N2O2. The molecule has 0 aromatic heterocycles. The highest BCUT2D eigenvalue weighted by atomic mass is 16.5. The summed E-state index contributed by atoms with van der Waals surface area (Å²) in [4.78, 5) is 11.5. The SMILES string of the molecule is COC1CCCCC1NCCCC(=O)NC1CC1. The first-order valence-corrected chi connectivity index (χ1v) is 7.35. The molecule has 0 heterocycles. The fourth-order valence-electron chi connectivity index (χ4n) is 2.68. The van der Waals surface area contributed by atoms with Crippen LogP contribution in [0.2, 0.25) is 0 Å². The van der Waals surface area contributed by atoms with E-state index in [1.165, 1.54) is 32.1 Å². The molecule has 18 heavy (non-hydrogen) atoms. The maximum atomic E-state index is 11.5. The van der Waals surface area contributed by atoms with Crippen LogP contribution >= 0.6 is 0 Å². The van der Waals surface area contributed by atoms with Crippen LogP contribution in [-0.4, -0.2) is 37.7 Å². The Morgan fingerprint density at radius 3 is 2.72 bits per heavy atom. The van der Waals surface area contributed by atoms with E-state index in [1.54, 1.807) is 7.11 Å². The van der Waals surface area contributed by atoms with E-state index >= 15 is 0 Å². The predicted octanol–water partition coefficient (Wildman–Crippen LogP) is 1.59. The number of nitrogens with one attached hydrogen (secondary N) is 2. The van der Waals surface area contributed by atoms with E-state index < -0.39 is 0 Å². The Bertz CT molecular complexity index is 267. The fourth-order valence-corrected chi connectivity index (χ4v) is 2.68. The van der Waals surface area contributed by atoms with Gasteiger partial charge < -0.3 is 15.4 Å². The summed E-state index contributed by atoms with van der Waals surface area (Å²) in [6.45, 7) is 0.919. The summed E-state index contributed by atoms with van der Waals surface area (Å²) < 4.78 is 5.50. The monoisotopic (exact) mass is 254 g/mol. The molecule has 2 saturated carbocycles. The van der Waals surface area contributed by atoms with Crippen molar-refractivity contribution in [1.29, 1.82) is 0 Å². The lowest BCUT2D eigenvalue weighted by atomic mass is 9.92. The number of carbonyl (C=O) groups is 1. The highest BCUT2D eigenvalue weighted by molar-refractivity contribution is 5.76. The molecule has 2 rings (SSSR count). The summed E-state index contributed by atoms with van der Waals surface area (Å²) in [7, 11) is 1.80. The van der Waals surface area contributed by atoms with E-state index in [1.807, 2.05) is 0 Å². The second-order valence-electron chi connectivity index (χ2n) is 5.56. The van der Waals surface area contributed by atoms with E-state index in [2.05, 4.69) is 10.6 Å². The van der Waals surface area contributed by atoms with Gasteiger partial charge in [0.2, 0.25) is 5.91 Å². The first-order valence-electron chi connectivity index (χ1n) is 7.35. The number of hydrogen-bond donors (Lipinski definition) is 2. The molecule has 0 aromatic carbocycles. The second-order valence-corrected chi connectivity index (χ2v) is 5.56. The van der Waals surface area contributed by atoms with Crippen LogP contribution in [0, 0.1) is 0 Å².